The summed E-state index contributed by atoms with van der Waals surface area (Å²) in [6.45, 7) is 8.80. The number of piperidine rings is 1. The zero-order valence-corrected chi connectivity index (χ0v) is 18.7. The average molecular weight is 444 g/mol. The van der Waals surface area contributed by atoms with Crippen molar-refractivity contribution in [1.29, 1.82) is 0 Å². The van der Waals surface area contributed by atoms with Crippen molar-refractivity contribution in [3.05, 3.63) is 59.8 Å². The molecule has 5 nitrogen and oxygen atoms in total. The van der Waals surface area contributed by atoms with Crippen molar-refractivity contribution >= 4 is 5.69 Å². The van der Waals surface area contributed by atoms with E-state index < -0.39 is 12.1 Å². The number of nitrogens with zero attached hydrogens (tertiary/aromatic N) is 4. The van der Waals surface area contributed by atoms with Crippen LogP contribution in [-0.4, -0.2) is 50.8 Å². The summed E-state index contributed by atoms with van der Waals surface area (Å²) in [7, 11) is 0. The maximum Gasteiger partial charge on any atom is 0.222 e. The van der Waals surface area contributed by atoms with Gasteiger partial charge in [0.15, 0.2) is 0 Å². The van der Waals surface area contributed by atoms with Gasteiger partial charge >= 0.3 is 0 Å². The van der Waals surface area contributed by atoms with Gasteiger partial charge in [-0.3, -0.25) is 4.90 Å². The first-order chi connectivity index (χ1) is 15.2. The maximum atomic E-state index is 14.7. The first kappa shape index (κ1) is 22.3. The highest BCUT2D eigenvalue weighted by atomic mass is 19.1. The number of hydrogen-bond donors (Lipinski definition) is 1. The minimum Gasteiger partial charge on any atom is -0.378 e. The number of halogens is 3. The summed E-state index contributed by atoms with van der Waals surface area (Å²) < 4.78 is 44.8. The third kappa shape index (κ3) is 4.50. The summed E-state index contributed by atoms with van der Waals surface area (Å²) in [6, 6.07) is 4.76. The molecule has 2 atom stereocenters. The molecule has 8 heteroatoms. The Labute approximate surface area is 186 Å². The van der Waals surface area contributed by atoms with Gasteiger partial charge in [-0.05, 0) is 63.4 Å². The van der Waals surface area contributed by atoms with Crippen LogP contribution in [0, 0.1) is 25.6 Å². The van der Waals surface area contributed by atoms with Crippen LogP contribution in [0.2, 0.25) is 0 Å². The highest BCUT2D eigenvalue weighted by Crippen LogP contribution is 2.27. The lowest BCUT2D eigenvalue weighted by atomic mass is 10.0. The van der Waals surface area contributed by atoms with Gasteiger partial charge < -0.3 is 9.88 Å². The minimum atomic E-state index is -1.02. The fourth-order valence-corrected chi connectivity index (χ4v) is 4.12. The number of pyridine rings is 1. The lowest BCUT2D eigenvalue weighted by Gasteiger charge is -2.37. The molecule has 2 aromatic heterocycles. The molecular weight excluding hydrogens is 415 g/mol. The Bertz CT molecular complexity index is 1110. The van der Waals surface area contributed by atoms with Gasteiger partial charge in [0.2, 0.25) is 5.95 Å². The van der Waals surface area contributed by atoms with Crippen molar-refractivity contribution in [2.45, 2.75) is 52.4 Å². The summed E-state index contributed by atoms with van der Waals surface area (Å²) in [5.74, 6) is -0.926. The van der Waals surface area contributed by atoms with Crippen LogP contribution in [0.1, 0.15) is 31.4 Å². The predicted molar refractivity (Wildman–Crippen MR) is 120 cm³/mol. The van der Waals surface area contributed by atoms with Crippen molar-refractivity contribution in [3.63, 3.8) is 0 Å². The van der Waals surface area contributed by atoms with E-state index in [0.717, 1.165) is 17.8 Å². The molecule has 3 heterocycles. The van der Waals surface area contributed by atoms with Gasteiger partial charge in [-0.15, -0.1) is 0 Å². The van der Waals surface area contributed by atoms with Crippen LogP contribution in [0.5, 0.6) is 0 Å². The molecule has 1 aromatic carbocycles. The van der Waals surface area contributed by atoms with E-state index in [2.05, 4.69) is 34.0 Å². The second kappa shape index (κ2) is 8.94. The molecule has 0 bridgehead atoms. The smallest absolute Gasteiger partial charge is 0.222 e. The number of nitrogens with one attached hydrogen (secondary N) is 1. The lowest BCUT2D eigenvalue weighted by Crippen LogP contribution is -2.50. The van der Waals surface area contributed by atoms with Crippen LogP contribution in [-0.2, 0) is 0 Å². The van der Waals surface area contributed by atoms with Gasteiger partial charge in [-0.25, -0.2) is 18.7 Å². The molecule has 32 heavy (non-hydrogen) atoms. The highest BCUT2D eigenvalue weighted by Gasteiger charge is 2.30. The Balaban J connectivity index is 1.56. The third-order valence-electron chi connectivity index (χ3n) is 6.11. The number of likely N-dealkylation sites (tertiary alicyclic amines) is 1. The van der Waals surface area contributed by atoms with Gasteiger partial charge in [0.05, 0.1) is 35.5 Å². The average Bonchev–Trinajstić information content (AvgIpc) is 3.23. The SMILES string of the molecule is Cc1cc(-n2cnc(-c3cc(NC4CCN(C(C)C)CC4F)cnc3F)c2)c(C)cc1F. The van der Waals surface area contributed by atoms with Crippen molar-refractivity contribution in [3.8, 4) is 16.9 Å². The molecular formula is C24H28F3N5. The summed E-state index contributed by atoms with van der Waals surface area (Å²) in [6.07, 6.45) is 4.26. The zero-order chi connectivity index (χ0) is 23.0. The normalized spacial score (nSPS) is 19.5. The number of benzene rings is 1. The van der Waals surface area contributed by atoms with Crippen molar-refractivity contribution in [2.24, 2.45) is 0 Å². The molecule has 4 rings (SSSR count). The van der Waals surface area contributed by atoms with Gasteiger partial charge in [0.25, 0.3) is 0 Å². The van der Waals surface area contributed by atoms with Crippen molar-refractivity contribution in [2.75, 3.05) is 18.4 Å². The van der Waals surface area contributed by atoms with Gasteiger partial charge in [-0.2, -0.15) is 4.39 Å². The number of anilines is 1. The molecule has 2 unspecified atom stereocenters. The number of alkyl halides is 1. The second-order valence-electron chi connectivity index (χ2n) is 8.76. The summed E-state index contributed by atoms with van der Waals surface area (Å²) in [4.78, 5) is 10.3. The van der Waals surface area contributed by atoms with E-state index in [1.54, 1.807) is 36.1 Å². The molecule has 1 saturated heterocycles. The number of imidazole rings is 1. The molecule has 1 fully saturated rings. The number of aromatic nitrogens is 3. The van der Waals surface area contributed by atoms with E-state index in [4.69, 9.17) is 0 Å². The first-order valence-electron chi connectivity index (χ1n) is 10.8. The Hall–Kier alpha value is -2.87. The minimum absolute atomic E-state index is 0.222. The molecule has 1 N–H and O–H groups in total. The predicted octanol–water partition coefficient (Wildman–Crippen LogP) is 5.06. The second-order valence-corrected chi connectivity index (χ2v) is 8.76. The van der Waals surface area contributed by atoms with Crippen LogP contribution in [0.15, 0.2) is 36.9 Å². The van der Waals surface area contributed by atoms with E-state index in [9.17, 15) is 13.2 Å². The van der Waals surface area contributed by atoms with Crippen LogP contribution >= 0.6 is 0 Å². The molecule has 1 aliphatic heterocycles. The molecule has 0 aliphatic carbocycles. The Morgan fingerprint density at radius 1 is 1.09 bits per heavy atom. The molecule has 0 saturated carbocycles. The molecule has 170 valence electrons. The Morgan fingerprint density at radius 3 is 2.59 bits per heavy atom. The van der Waals surface area contributed by atoms with E-state index in [0.29, 0.717) is 36.0 Å². The molecule has 0 radical (unpaired) electrons. The zero-order valence-electron chi connectivity index (χ0n) is 18.7. The van der Waals surface area contributed by atoms with Crippen LogP contribution < -0.4 is 5.32 Å². The van der Waals surface area contributed by atoms with E-state index >= 15 is 0 Å². The topological polar surface area (TPSA) is 46.0 Å². The van der Waals surface area contributed by atoms with E-state index in [1.807, 2.05) is 6.92 Å². The summed E-state index contributed by atoms with van der Waals surface area (Å²) in [5, 5.41) is 3.18. The van der Waals surface area contributed by atoms with Crippen LogP contribution in [0.3, 0.4) is 0 Å². The van der Waals surface area contributed by atoms with Gasteiger partial charge in [-0.1, -0.05) is 0 Å². The first-order valence-corrected chi connectivity index (χ1v) is 10.8. The van der Waals surface area contributed by atoms with Crippen LogP contribution in [0.4, 0.5) is 18.9 Å². The number of hydrogen-bond acceptors (Lipinski definition) is 4. The van der Waals surface area contributed by atoms with Crippen LogP contribution in [0.25, 0.3) is 16.9 Å². The van der Waals surface area contributed by atoms with E-state index in [-0.39, 0.29) is 17.4 Å². The van der Waals surface area contributed by atoms with Crippen molar-refractivity contribution < 1.29 is 13.2 Å². The number of aryl methyl sites for hydroxylation is 2. The molecule has 0 amide bonds. The highest BCUT2D eigenvalue weighted by molar-refractivity contribution is 5.64. The van der Waals surface area contributed by atoms with Gasteiger partial charge in [0.1, 0.15) is 12.0 Å². The van der Waals surface area contributed by atoms with Crippen molar-refractivity contribution in [1.82, 2.24) is 19.4 Å². The van der Waals surface area contributed by atoms with Gasteiger partial charge in [0, 0.05) is 31.0 Å². The van der Waals surface area contributed by atoms with E-state index in [1.165, 1.54) is 12.3 Å². The number of rotatable bonds is 5. The fourth-order valence-electron chi connectivity index (χ4n) is 4.12. The quantitative estimate of drug-likeness (QED) is 0.560. The summed E-state index contributed by atoms with van der Waals surface area (Å²) in [5.41, 5.74) is 3.20. The monoisotopic (exact) mass is 443 g/mol. The Morgan fingerprint density at radius 2 is 1.88 bits per heavy atom. The largest absolute Gasteiger partial charge is 0.378 e. The third-order valence-corrected chi connectivity index (χ3v) is 6.11. The fraction of sp³-hybridized carbons (Fsp3) is 0.417. The molecule has 1 aliphatic rings. The summed E-state index contributed by atoms with van der Waals surface area (Å²) >= 11 is 0. The lowest BCUT2D eigenvalue weighted by molar-refractivity contribution is 0.102. The standard InChI is InChI=1S/C24H28F3N5/c1-14(2)31-6-5-21(20(26)11-31)30-17-9-18(24(27)28-10-17)22-12-32(13-29-22)23-8-15(3)19(25)7-16(23)4/h7-10,12-14,20-21,30H,5-6,11H2,1-4H3. The Kier molecular flexibility index (Phi) is 6.24. The molecule has 3 aromatic rings. The maximum absolute atomic E-state index is 14.7. The molecule has 0 spiro atoms.